The van der Waals surface area contributed by atoms with E-state index >= 15 is 0 Å². The minimum absolute atomic E-state index is 0.0280. The highest BCUT2D eigenvalue weighted by Crippen LogP contribution is 2.31. The van der Waals surface area contributed by atoms with Crippen molar-refractivity contribution >= 4 is 40.3 Å². The van der Waals surface area contributed by atoms with E-state index in [1.165, 1.54) is 4.90 Å². The molecule has 1 unspecified atom stereocenters. The van der Waals surface area contributed by atoms with E-state index in [9.17, 15) is 29.4 Å². The maximum absolute atomic E-state index is 14.6. The van der Waals surface area contributed by atoms with Gasteiger partial charge in [0, 0.05) is 24.5 Å². The van der Waals surface area contributed by atoms with Gasteiger partial charge in [0.2, 0.25) is 17.7 Å². The summed E-state index contributed by atoms with van der Waals surface area (Å²) in [4.78, 5) is 56.6. The van der Waals surface area contributed by atoms with Crippen LogP contribution in [0.3, 0.4) is 0 Å². The number of carbonyl (C=O) groups is 4. The first-order chi connectivity index (χ1) is 25.4. The third kappa shape index (κ3) is 13.5. The van der Waals surface area contributed by atoms with E-state index in [4.69, 9.17) is 4.74 Å². The second-order valence-corrected chi connectivity index (χ2v) is 14.7. The van der Waals surface area contributed by atoms with Crippen LogP contribution in [0, 0.1) is 17.8 Å². The minimum Gasteiger partial charge on any atom is -0.445 e. The number of unbranched alkanes of at least 4 members (excludes halogenated alkanes) is 1. The number of rotatable bonds is 21. The van der Waals surface area contributed by atoms with Crippen LogP contribution in [0.15, 0.2) is 72.8 Å². The fraction of sp³-hybridized carbons (Fsp3) is 0.524. The summed E-state index contributed by atoms with van der Waals surface area (Å²) in [5.41, 5.74) is 1.31. The zero-order valence-electron chi connectivity index (χ0n) is 32.2. The smallest absolute Gasteiger partial charge is 0.408 e. The monoisotopic (exact) mass is 732 g/mol. The number of nitrogens with one attached hydrogen (secondary N) is 3. The average molecular weight is 733 g/mol. The molecule has 3 aromatic rings. The summed E-state index contributed by atoms with van der Waals surface area (Å²) in [5, 5.41) is 31.6. The topological polar surface area (TPSA) is 157 Å². The van der Waals surface area contributed by atoms with Gasteiger partial charge in [0.1, 0.15) is 18.7 Å². The van der Waals surface area contributed by atoms with E-state index in [0.717, 1.165) is 22.8 Å². The quantitative estimate of drug-likeness (QED) is 0.0886. The Hall–Kier alpha value is -4.48. The summed E-state index contributed by atoms with van der Waals surface area (Å²) < 4.78 is 5.41. The molecule has 0 spiro atoms. The fourth-order valence-corrected chi connectivity index (χ4v) is 6.36. The first kappa shape index (κ1) is 42.9. The van der Waals surface area contributed by atoms with Crippen molar-refractivity contribution in [3.63, 3.8) is 0 Å². The summed E-state index contributed by atoms with van der Waals surface area (Å²) in [6.07, 6.45) is 0.461. The molecule has 3 rings (SSSR count). The molecule has 4 amide bonds. The lowest BCUT2D eigenvalue weighted by atomic mass is 9.89. The Bertz CT molecular complexity index is 1590. The number of nitrogens with zero attached hydrogens (tertiary/aromatic N) is 1. The van der Waals surface area contributed by atoms with Crippen LogP contribution < -0.4 is 20.9 Å². The summed E-state index contributed by atoms with van der Waals surface area (Å²) >= 11 is 0. The molecule has 0 aliphatic carbocycles. The average Bonchev–Trinajstić information content (AvgIpc) is 3.13. The van der Waals surface area contributed by atoms with E-state index in [1.54, 1.807) is 13.0 Å². The van der Waals surface area contributed by atoms with Gasteiger partial charge in [-0.1, -0.05) is 114 Å². The van der Waals surface area contributed by atoms with Gasteiger partial charge in [-0.25, -0.2) is 4.79 Å². The highest BCUT2D eigenvalue weighted by Gasteiger charge is 2.37. The number of anilines is 1. The van der Waals surface area contributed by atoms with E-state index in [2.05, 4.69) is 16.0 Å². The first-order valence-electron chi connectivity index (χ1n) is 19.0. The zero-order valence-corrected chi connectivity index (χ0v) is 32.2. The molecule has 0 saturated heterocycles. The molecule has 3 aromatic carbocycles. The Kier molecular flexibility index (Phi) is 17.7. The molecule has 0 fully saturated rings. The van der Waals surface area contributed by atoms with E-state index in [0.29, 0.717) is 31.5 Å². The van der Waals surface area contributed by atoms with Gasteiger partial charge in [0.05, 0.1) is 17.8 Å². The second-order valence-electron chi connectivity index (χ2n) is 14.7. The Morgan fingerprint density at radius 3 is 2.13 bits per heavy atom. The molecule has 5 atom stereocenters. The van der Waals surface area contributed by atoms with Gasteiger partial charge >= 0.3 is 6.09 Å². The third-order valence-electron chi connectivity index (χ3n) is 9.20. The summed E-state index contributed by atoms with van der Waals surface area (Å²) in [5.74, 6) is -1.54. The molecule has 11 nitrogen and oxygen atoms in total. The van der Waals surface area contributed by atoms with Crippen LogP contribution in [-0.4, -0.2) is 71.4 Å². The van der Waals surface area contributed by atoms with Crippen molar-refractivity contribution in [3.8, 4) is 0 Å². The van der Waals surface area contributed by atoms with Crippen molar-refractivity contribution in [2.45, 2.75) is 111 Å². The fourth-order valence-electron chi connectivity index (χ4n) is 6.36. The van der Waals surface area contributed by atoms with Crippen LogP contribution in [-0.2, 0) is 25.7 Å². The van der Waals surface area contributed by atoms with Crippen molar-refractivity contribution in [2.75, 3.05) is 18.1 Å². The Labute approximate surface area is 314 Å². The van der Waals surface area contributed by atoms with Crippen LogP contribution in [0.5, 0.6) is 0 Å². The second kappa shape index (κ2) is 21.9. The maximum atomic E-state index is 14.6. The Morgan fingerprint density at radius 2 is 1.47 bits per heavy atom. The number of aliphatic hydroxyl groups is 2. The maximum Gasteiger partial charge on any atom is 0.408 e. The molecule has 0 heterocycles. The van der Waals surface area contributed by atoms with Crippen LogP contribution in [0.2, 0.25) is 0 Å². The molecular weight excluding hydrogens is 672 g/mol. The number of ether oxygens (including phenoxy) is 1. The van der Waals surface area contributed by atoms with Gasteiger partial charge < -0.3 is 30.9 Å². The lowest BCUT2D eigenvalue weighted by molar-refractivity contribution is -0.129. The van der Waals surface area contributed by atoms with Gasteiger partial charge in [0.25, 0.3) is 0 Å². The lowest BCUT2D eigenvalue weighted by Gasteiger charge is -2.36. The first-order valence-corrected chi connectivity index (χ1v) is 19.0. The molecule has 0 aliphatic heterocycles. The normalized spacial score (nSPS) is 14.2. The van der Waals surface area contributed by atoms with Crippen molar-refractivity contribution in [2.24, 2.45) is 17.8 Å². The number of alkyl carbamates (subject to hydrolysis) is 1. The van der Waals surface area contributed by atoms with Gasteiger partial charge in [0.15, 0.2) is 0 Å². The number of aliphatic hydroxyl groups excluding tert-OH is 2. The van der Waals surface area contributed by atoms with Crippen LogP contribution >= 0.6 is 0 Å². The van der Waals surface area contributed by atoms with Crippen LogP contribution in [0.4, 0.5) is 10.5 Å². The molecule has 290 valence electrons. The number of hydrogen-bond acceptors (Lipinski definition) is 7. The molecule has 53 heavy (non-hydrogen) atoms. The Balaban J connectivity index is 1.96. The number of amides is 4. The van der Waals surface area contributed by atoms with Crippen molar-refractivity contribution < 1.29 is 34.1 Å². The third-order valence-corrected chi connectivity index (χ3v) is 9.20. The molecular formula is C42H60N4O7. The highest BCUT2D eigenvalue weighted by molar-refractivity contribution is 6.09. The van der Waals surface area contributed by atoms with Crippen molar-refractivity contribution in [3.05, 3.63) is 78.4 Å². The van der Waals surface area contributed by atoms with E-state index < -0.39 is 48.1 Å². The Morgan fingerprint density at radius 1 is 0.792 bits per heavy atom. The lowest BCUT2D eigenvalue weighted by Crippen LogP contribution is -2.58. The summed E-state index contributed by atoms with van der Waals surface area (Å²) in [6.45, 7) is 11.8. The predicted molar refractivity (Wildman–Crippen MR) is 209 cm³/mol. The summed E-state index contributed by atoms with van der Waals surface area (Å²) in [6, 6.07) is 19.6. The summed E-state index contributed by atoms with van der Waals surface area (Å²) in [7, 11) is 0. The molecule has 5 N–H and O–H groups in total. The largest absolute Gasteiger partial charge is 0.445 e. The molecule has 0 radical (unpaired) electrons. The van der Waals surface area contributed by atoms with Gasteiger partial charge in [-0.05, 0) is 61.5 Å². The van der Waals surface area contributed by atoms with Crippen molar-refractivity contribution in [1.82, 2.24) is 16.0 Å². The molecule has 0 bridgehead atoms. The SMILES string of the molecule is CCCC[C@@H](C(=O)N[C@@H](CC(C)C)[C@@H](O)CC(CCO)C(=O)NCC(C)C)N(C(=O)[C@H](C)NC(=O)OCc1ccccc1)c1cccc2ccccc12. The standard InChI is InChI=1S/C42H60N4O7/c1-7-8-20-37(40(50)45-35(24-28(2)3)38(48)25-33(22-23-47)39(49)43-26-29(4)5)46(36-21-14-18-32-17-12-13-19-34(32)36)41(51)30(6)44-42(52)53-27-31-15-10-9-11-16-31/h9-19,21,28-30,33,35,37-38,47-48H,7-8,20,22-27H2,1-6H3,(H,43,49)(H,44,52)(H,45,50)/t30-,33?,35-,37-,38-/m0/s1. The van der Waals surface area contributed by atoms with Gasteiger partial charge in [-0.3, -0.25) is 19.3 Å². The predicted octanol–water partition coefficient (Wildman–Crippen LogP) is 6.10. The van der Waals surface area contributed by atoms with Gasteiger partial charge in [-0.15, -0.1) is 0 Å². The molecule has 11 heteroatoms. The van der Waals surface area contributed by atoms with E-state index in [1.807, 2.05) is 101 Å². The number of benzene rings is 3. The molecule has 0 aliphatic rings. The van der Waals surface area contributed by atoms with Crippen LogP contribution in [0.1, 0.15) is 85.6 Å². The number of fused-ring (bicyclic) bond motifs is 1. The molecule has 0 aromatic heterocycles. The molecule has 0 saturated carbocycles. The number of carbonyl (C=O) groups excluding carboxylic acids is 4. The van der Waals surface area contributed by atoms with Gasteiger partial charge in [-0.2, -0.15) is 0 Å². The van der Waals surface area contributed by atoms with Crippen molar-refractivity contribution in [1.29, 1.82) is 0 Å². The van der Waals surface area contributed by atoms with E-state index in [-0.39, 0.29) is 43.8 Å². The highest BCUT2D eigenvalue weighted by atomic mass is 16.5. The zero-order chi connectivity index (χ0) is 38.9. The minimum atomic E-state index is -1.10. The number of hydrogen-bond donors (Lipinski definition) is 5. The van der Waals surface area contributed by atoms with Crippen LogP contribution in [0.25, 0.3) is 10.8 Å².